The Balaban J connectivity index is 2.11. The maximum atomic E-state index is 6.25. The van der Waals surface area contributed by atoms with Crippen molar-refractivity contribution in [3.05, 3.63) is 28.8 Å². The number of thioether (sulfide) groups is 1. The molecule has 0 spiro atoms. The van der Waals surface area contributed by atoms with Gasteiger partial charge in [-0.1, -0.05) is 50.2 Å². The molecule has 0 bridgehead atoms. The molecule has 1 atom stereocenters. The van der Waals surface area contributed by atoms with Crippen LogP contribution in [0, 0.1) is 5.41 Å². The molecule has 21 heavy (non-hydrogen) atoms. The molecule has 3 nitrogen and oxygen atoms in total. The predicted octanol–water partition coefficient (Wildman–Crippen LogP) is 4.35. The second-order valence-corrected chi connectivity index (χ2v) is 7.73. The van der Waals surface area contributed by atoms with Crippen LogP contribution in [0.5, 0.6) is 5.75 Å². The Morgan fingerprint density at radius 1 is 1.43 bits per heavy atom. The number of hydrogen-bond acceptors (Lipinski definition) is 3. The molecule has 0 aliphatic carbocycles. The summed E-state index contributed by atoms with van der Waals surface area (Å²) in [6.07, 6.45) is 1.17. The Morgan fingerprint density at radius 3 is 2.86 bits per heavy atom. The lowest BCUT2D eigenvalue weighted by molar-refractivity contribution is 0.290. The Hall–Kier alpha value is -0.870. The zero-order valence-electron chi connectivity index (χ0n) is 13.1. The third kappa shape index (κ3) is 4.30. The third-order valence-electron chi connectivity index (χ3n) is 3.66. The second kappa shape index (κ2) is 6.93. The van der Waals surface area contributed by atoms with E-state index in [-0.39, 0.29) is 5.41 Å². The molecule has 1 N–H and O–H groups in total. The van der Waals surface area contributed by atoms with Crippen LogP contribution in [0.3, 0.4) is 0 Å². The summed E-state index contributed by atoms with van der Waals surface area (Å²) >= 11 is 8.03. The lowest BCUT2D eigenvalue weighted by Crippen LogP contribution is -2.46. The van der Waals surface area contributed by atoms with Crippen LogP contribution in [0.2, 0.25) is 5.02 Å². The molecule has 2 rings (SSSR count). The first-order valence-corrected chi connectivity index (χ1v) is 8.53. The molecule has 0 saturated carbocycles. The summed E-state index contributed by atoms with van der Waals surface area (Å²) in [6, 6.07) is 6.14. The molecular weight excluding hydrogens is 304 g/mol. The largest absolute Gasteiger partial charge is 0.496 e. The molecule has 1 aromatic rings. The van der Waals surface area contributed by atoms with Crippen LogP contribution in [-0.2, 0) is 6.54 Å². The minimum atomic E-state index is 0.240. The predicted molar refractivity (Wildman–Crippen MR) is 92.6 cm³/mol. The summed E-state index contributed by atoms with van der Waals surface area (Å²) in [6.45, 7) is 7.31. The highest BCUT2D eigenvalue weighted by Gasteiger charge is 2.28. The molecule has 5 heteroatoms. The molecule has 1 saturated heterocycles. The summed E-state index contributed by atoms with van der Waals surface area (Å²) in [5, 5.41) is 5.25. The monoisotopic (exact) mass is 326 g/mol. The van der Waals surface area contributed by atoms with E-state index < -0.39 is 0 Å². The number of methoxy groups -OCH3 is 1. The van der Waals surface area contributed by atoms with Crippen molar-refractivity contribution in [3.8, 4) is 5.75 Å². The van der Waals surface area contributed by atoms with Gasteiger partial charge in [0.2, 0.25) is 0 Å². The van der Waals surface area contributed by atoms with Crippen molar-refractivity contribution in [1.82, 2.24) is 5.32 Å². The summed E-state index contributed by atoms with van der Waals surface area (Å²) in [5.41, 5.74) is 1.18. The molecule has 1 heterocycles. The number of amidine groups is 1. The summed E-state index contributed by atoms with van der Waals surface area (Å²) in [5.74, 6) is 1.90. The lowest BCUT2D eigenvalue weighted by Gasteiger charge is -2.35. The standard InChI is InChI=1S/C16H23ClN2OS/c1-16(2,3)14-8-9-21-15(19-14)18-10-11-12(17)6-5-7-13(11)20-4/h5-7,14H,8-10H2,1-4H3,(H,18,19). The SMILES string of the molecule is COc1cccc(Cl)c1CN=C1NC(C(C)(C)C)CCS1. The van der Waals surface area contributed by atoms with Crippen molar-refractivity contribution in [3.63, 3.8) is 0 Å². The number of rotatable bonds is 3. The van der Waals surface area contributed by atoms with E-state index in [1.807, 2.05) is 18.2 Å². The average molecular weight is 327 g/mol. The van der Waals surface area contributed by atoms with Crippen LogP contribution in [0.25, 0.3) is 0 Å². The van der Waals surface area contributed by atoms with Crippen molar-refractivity contribution in [2.24, 2.45) is 10.4 Å². The zero-order chi connectivity index (χ0) is 15.5. The van der Waals surface area contributed by atoms with Crippen LogP contribution in [0.15, 0.2) is 23.2 Å². The van der Waals surface area contributed by atoms with E-state index in [4.69, 9.17) is 21.3 Å². The Labute approximate surface area is 136 Å². The smallest absolute Gasteiger partial charge is 0.157 e. The minimum absolute atomic E-state index is 0.240. The van der Waals surface area contributed by atoms with Crippen molar-refractivity contribution in [2.45, 2.75) is 39.8 Å². The van der Waals surface area contributed by atoms with Gasteiger partial charge in [-0.25, -0.2) is 0 Å². The normalized spacial score (nSPS) is 21.2. The van der Waals surface area contributed by atoms with Crippen LogP contribution < -0.4 is 10.1 Å². The first kappa shape index (κ1) is 16.5. The molecule has 1 aromatic carbocycles. The van der Waals surface area contributed by atoms with Gasteiger partial charge in [0.1, 0.15) is 5.75 Å². The highest BCUT2D eigenvalue weighted by Crippen LogP contribution is 2.29. The topological polar surface area (TPSA) is 33.6 Å². The number of nitrogens with one attached hydrogen (secondary N) is 1. The van der Waals surface area contributed by atoms with Crippen molar-refractivity contribution in [1.29, 1.82) is 0 Å². The zero-order valence-corrected chi connectivity index (χ0v) is 14.6. The van der Waals surface area contributed by atoms with E-state index in [1.54, 1.807) is 18.9 Å². The van der Waals surface area contributed by atoms with Gasteiger partial charge in [0.25, 0.3) is 0 Å². The fourth-order valence-electron chi connectivity index (χ4n) is 2.31. The van der Waals surface area contributed by atoms with Gasteiger partial charge in [-0.3, -0.25) is 4.99 Å². The van der Waals surface area contributed by atoms with Crippen LogP contribution >= 0.6 is 23.4 Å². The summed E-state index contributed by atoms with van der Waals surface area (Å²) in [7, 11) is 1.66. The molecule has 116 valence electrons. The van der Waals surface area contributed by atoms with Crippen LogP contribution in [0.4, 0.5) is 0 Å². The van der Waals surface area contributed by atoms with Crippen molar-refractivity contribution >= 4 is 28.5 Å². The fraction of sp³-hybridized carbons (Fsp3) is 0.562. The number of ether oxygens (including phenoxy) is 1. The van der Waals surface area contributed by atoms with Crippen LogP contribution in [-0.4, -0.2) is 24.1 Å². The van der Waals surface area contributed by atoms with Gasteiger partial charge in [0.15, 0.2) is 5.17 Å². The molecule has 1 unspecified atom stereocenters. The van der Waals surface area contributed by atoms with Gasteiger partial charge in [-0.05, 0) is 24.0 Å². The van der Waals surface area contributed by atoms with E-state index >= 15 is 0 Å². The molecule has 1 aliphatic heterocycles. The van der Waals surface area contributed by atoms with Crippen molar-refractivity contribution in [2.75, 3.05) is 12.9 Å². The minimum Gasteiger partial charge on any atom is -0.496 e. The van der Waals surface area contributed by atoms with Gasteiger partial charge in [-0.15, -0.1) is 0 Å². The molecule has 1 fully saturated rings. The fourth-order valence-corrected chi connectivity index (χ4v) is 3.47. The summed E-state index contributed by atoms with van der Waals surface area (Å²) < 4.78 is 5.36. The molecule has 0 aromatic heterocycles. The van der Waals surface area contributed by atoms with Gasteiger partial charge in [-0.2, -0.15) is 0 Å². The number of aliphatic imine (C=N–C) groups is 1. The highest BCUT2D eigenvalue weighted by molar-refractivity contribution is 8.13. The Bertz CT molecular complexity index is 525. The van der Waals surface area contributed by atoms with Gasteiger partial charge in [0.05, 0.1) is 13.7 Å². The number of hydrogen-bond donors (Lipinski definition) is 1. The lowest BCUT2D eigenvalue weighted by atomic mass is 9.85. The molecule has 0 amide bonds. The van der Waals surface area contributed by atoms with Crippen molar-refractivity contribution < 1.29 is 4.74 Å². The third-order valence-corrected chi connectivity index (χ3v) is 4.98. The number of benzene rings is 1. The van der Waals surface area contributed by atoms with E-state index in [2.05, 4.69) is 26.1 Å². The summed E-state index contributed by atoms with van der Waals surface area (Å²) in [4.78, 5) is 4.69. The highest BCUT2D eigenvalue weighted by atomic mass is 35.5. The van der Waals surface area contributed by atoms with E-state index in [9.17, 15) is 0 Å². The number of halogens is 1. The van der Waals surface area contributed by atoms with E-state index in [0.717, 1.165) is 22.2 Å². The van der Waals surface area contributed by atoms with E-state index in [1.165, 1.54) is 6.42 Å². The quantitative estimate of drug-likeness (QED) is 0.896. The molecule has 1 aliphatic rings. The maximum absolute atomic E-state index is 6.25. The maximum Gasteiger partial charge on any atom is 0.157 e. The van der Waals surface area contributed by atoms with Gasteiger partial charge in [0, 0.05) is 22.4 Å². The number of nitrogens with zero attached hydrogens (tertiary/aromatic N) is 1. The Kier molecular flexibility index (Phi) is 5.44. The Morgan fingerprint density at radius 2 is 2.19 bits per heavy atom. The molecule has 0 radical (unpaired) electrons. The molecular formula is C16H23ClN2OS. The van der Waals surface area contributed by atoms with Crippen LogP contribution in [0.1, 0.15) is 32.8 Å². The second-order valence-electron chi connectivity index (χ2n) is 6.24. The average Bonchev–Trinajstić information content (AvgIpc) is 2.45. The van der Waals surface area contributed by atoms with E-state index in [0.29, 0.717) is 17.6 Å². The first-order chi connectivity index (χ1) is 9.91. The van der Waals surface area contributed by atoms with Gasteiger partial charge < -0.3 is 10.1 Å². The first-order valence-electron chi connectivity index (χ1n) is 7.17. The van der Waals surface area contributed by atoms with Gasteiger partial charge >= 0.3 is 0 Å².